The number of ether oxygens (including phenoxy) is 1. The second kappa shape index (κ2) is 6.92. The van der Waals surface area contributed by atoms with Crippen LogP contribution in [-0.2, 0) is 0 Å². The molecule has 0 radical (unpaired) electrons. The van der Waals surface area contributed by atoms with E-state index in [9.17, 15) is 0 Å². The van der Waals surface area contributed by atoms with Gasteiger partial charge in [0.2, 0.25) is 0 Å². The lowest BCUT2D eigenvalue weighted by atomic mass is 10.1. The molecule has 1 aromatic rings. The molecule has 0 heterocycles. The van der Waals surface area contributed by atoms with Gasteiger partial charge >= 0.3 is 0 Å². The smallest absolute Gasteiger partial charge is 0.123 e. The third-order valence-corrected chi connectivity index (χ3v) is 2.48. The molecule has 16 heavy (non-hydrogen) atoms. The van der Waals surface area contributed by atoms with Crippen molar-refractivity contribution in [3.63, 3.8) is 0 Å². The highest BCUT2D eigenvalue weighted by molar-refractivity contribution is 5.35. The van der Waals surface area contributed by atoms with Crippen LogP contribution in [0.2, 0.25) is 0 Å². The van der Waals surface area contributed by atoms with Crippen LogP contribution in [0.5, 0.6) is 5.75 Å². The maximum absolute atomic E-state index is 5.33. The topological polar surface area (TPSA) is 21.3 Å². The second-order valence-corrected chi connectivity index (χ2v) is 3.59. The van der Waals surface area contributed by atoms with E-state index in [1.165, 1.54) is 5.56 Å². The van der Waals surface area contributed by atoms with Crippen LogP contribution in [0.25, 0.3) is 0 Å². The zero-order valence-corrected chi connectivity index (χ0v) is 10.2. The van der Waals surface area contributed by atoms with E-state index in [1.54, 1.807) is 7.11 Å². The van der Waals surface area contributed by atoms with Crippen molar-refractivity contribution in [1.82, 2.24) is 5.32 Å². The quantitative estimate of drug-likeness (QED) is 0.605. The maximum atomic E-state index is 5.33. The van der Waals surface area contributed by atoms with Gasteiger partial charge in [0.1, 0.15) is 5.75 Å². The Morgan fingerprint density at radius 1 is 1.38 bits per heavy atom. The summed E-state index contributed by atoms with van der Waals surface area (Å²) in [4.78, 5) is 0. The number of hydrogen-bond acceptors (Lipinski definition) is 2. The number of para-hydroxylation sites is 1. The van der Waals surface area contributed by atoms with Gasteiger partial charge in [-0.3, -0.25) is 0 Å². The van der Waals surface area contributed by atoms with Gasteiger partial charge in [-0.15, -0.1) is 11.8 Å². The summed E-state index contributed by atoms with van der Waals surface area (Å²) in [6, 6.07) is 8.37. The Balaban J connectivity index is 2.57. The van der Waals surface area contributed by atoms with E-state index in [1.807, 2.05) is 25.1 Å². The predicted molar refractivity (Wildman–Crippen MR) is 67.5 cm³/mol. The van der Waals surface area contributed by atoms with Crippen molar-refractivity contribution in [2.75, 3.05) is 13.7 Å². The van der Waals surface area contributed by atoms with Crippen molar-refractivity contribution >= 4 is 0 Å². The van der Waals surface area contributed by atoms with E-state index in [0.29, 0.717) is 0 Å². The minimum atomic E-state index is 0.287. The molecule has 1 unspecified atom stereocenters. The first-order valence-electron chi connectivity index (χ1n) is 5.55. The lowest BCUT2D eigenvalue weighted by molar-refractivity contribution is 0.402. The highest BCUT2D eigenvalue weighted by atomic mass is 16.5. The largest absolute Gasteiger partial charge is 0.496 e. The van der Waals surface area contributed by atoms with Gasteiger partial charge in [0.25, 0.3) is 0 Å². The fraction of sp³-hybridized carbons (Fsp3) is 0.429. The van der Waals surface area contributed by atoms with Crippen LogP contribution in [0.1, 0.15) is 31.9 Å². The molecular formula is C14H19NO. The number of nitrogens with one attached hydrogen (secondary N) is 1. The molecule has 0 bridgehead atoms. The van der Waals surface area contributed by atoms with E-state index in [-0.39, 0.29) is 6.04 Å². The average Bonchev–Trinajstić information content (AvgIpc) is 2.34. The van der Waals surface area contributed by atoms with Crippen molar-refractivity contribution < 1.29 is 4.74 Å². The molecule has 0 spiro atoms. The number of benzene rings is 1. The molecule has 1 N–H and O–H groups in total. The summed E-state index contributed by atoms with van der Waals surface area (Å²) in [7, 11) is 1.70. The minimum Gasteiger partial charge on any atom is -0.496 e. The molecule has 0 saturated carbocycles. The van der Waals surface area contributed by atoms with Crippen LogP contribution < -0.4 is 10.1 Å². The van der Waals surface area contributed by atoms with E-state index in [2.05, 4.69) is 30.1 Å². The van der Waals surface area contributed by atoms with Crippen LogP contribution in [0.15, 0.2) is 24.3 Å². The molecule has 0 amide bonds. The lowest BCUT2D eigenvalue weighted by Gasteiger charge is -2.16. The first-order valence-corrected chi connectivity index (χ1v) is 5.55. The summed E-state index contributed by atoms with van der Waals surface area (Å²) in [5.74, 6) is 6.86. The third-order valence-electron chi connectivity index (χ3n) is 2.48. The number of rotatable bonds is 5. The van der Waals surface area contributed by atoms with Crippen LogP contribution in [0.4, 0.5) is 0 Å². The molecule has 2 nitrogen and oxygen atoms in total. The summed E-state index contributed by atoms with van der Waals surface area (Å²) >= 11 is 0. The molecule has 86 valence electrons. The van der Waals surface area contributed by atoms with Gasteiger partial charge in [-0.25, -0.2) is 0 Å². The van der Waals surface area contributed by atoms with Crippen LogP contribution in [0.3, 0.4) is 0 Å². The van der Waals surface area contributed by atoms with Crippen LogP contribution >= 0.6 is 0 Å². The van der Waals surface area contributed by atoms with Gasteiger partial charge in [-0.1, -0.05) is 18.2 Å². The van der Waals surface area contributed by atoms with Crippen LogP contribution in [0, 0.1) is 11.8 Å². The summed E-state index contributed by atoms with van der Waals surface area (Å²) < 4.78 is 5.33. The summed E-state index contributed by atoms with van der Waals surface area (Å²) in [6.07, 6.45) is 0.885. The third kappa shape index (κ3) is 3.60. The van der Waals surface area contributed by atoms with Crippen molar-refractivity contribution in [3.8, 4) is 17.6 Å². The summed E-state index contributed by atoms with van der Waals surface area (Å²) in [5, 5.41) is 3.43. The maximum Gasteiger partial charge on any atom is 0.123 e. The Labute approximate surface area is 98.0 Å². The molecule has 0 saturated heterocycles. The van der Waals surface area contributed by atoms with Crippen molar-refractivity contribution in [2.24, 2.45) is 0 Å². The average molecular weight is 217 g/mol. The molecule has 1 rings (SSSR count). The van der Waals surface area contributed by atoms with Crippen molar-refractivity contribution in [2.45, 2.75) is 26.3 Å². The van der Waals surface area contributed by atoms with E-state index >= 15 is 0 Å². The SMILES string of the molecule is CC#CCCNC(C)c1ccccc1OC. The zero-order chi connectivity index (χ0) is 11.8. The van der Waals surface area contributed by atoms with Gasteiger partial charge in [0.05, 0.1) is 7.11 Å². The summed E-state index contributed by atoms with van der Waals surface area (Å²) in [5.41, 5.74) is 1.19. The normalized spacial score (nSPS) is 11.4. The van der Waals surface area contributed by atoms with Gasteiger partial charge < -0.3 is 10.1 Å². The molecule has 1 atom stereocenters. The molecule has 0 aromatic heterocycles. The van der Waals surface area contributed by atoms with Crippen molar-refractivity contribution in [3.05, 3.63) is 29.8 Å². The lowest BCUT2D eigenvalue weighted by Crippen LogP contribution is -2.20. The van der Waals surface area contributed by atoms with Gasteiger partial charge in [-0.2, -0.15) is 0 Å². The Morgan fingerprint density at radius 3 is 2.81 bits per heavy atom. The predicted octanol–water partition coefficient (Wildman–Crippen LogP) is 2.76. The standard InChI is InChI=1S/C14H19NO/c1-4-5-8-11-15-12(2)13-9-6-7-10-14(13)16-3/h6-7,9-10,12,15H,8,11H2,1-3H3. The first-order chi connectivity index (χ1) is 7.79. The highest BCUT2D eigenvalue weighted by Gasteiger charge is 2.08. The first kappa shape index (κ1) is 12.6. The van der Waals surface area contributed by atoms with Gasteiger partial charge in [0, 0.05) is 24.6 Å². The zero-order valence-electron chi connectivity index (χ0n) is 10.2. The van der Waals surface area contributed by atoms with Gasteiger partial charge in [-0.05, 0) is 19.9 Å². The molecule has 0 aliphatic heterocycles. The van der Waals surface area contributed by atoms with Crippen molar-refractivity contribution in [1.29, 1.82) is 0 Å². The minimum absolute atomic E-state index is 0.287. The Bertz CT molecular complexity index is 376. The fourth-order valence-electron chi connectivity index (χ4n) is 1.61. The number of methoxy groups -OCH3 is 1. The molecule has 0 aliphatic carbocycles. The van der Waals surface area contributed by atoms with Crippen LogP contribution in [-0.4, -0.2) is 13.7 Å². The molecular weight excluding hydrogens is 198 g/mol. The van der Waals surface area contributed by atoms with E-state index in [0.717, 1.165) is 18.7 Å². The highest BCUT2D eigenvalue weighted by Crippen LogP contribution is 2.23. The molecule has 0 fully saturated rings. The van der Waals surface area contributed by atoms with E-state index < -0.39 is 0 Å². The molecule has 2 heteroatoms. The van der Waals surface area contributed by atoms with Gasteiger partial charge in [0.15, 0.2) is 0 Å². The van der Waals surface area contributed by atoms with E-state index in [4.69, 9.17) is 4.74 Å². The Kier molecular flexibility index (Phi) is 5.45. The summed E-state index contributed by atoms with van der Waals surface area (Å²) in [6.45, 7) is 4.90. The molecule has 1 aromatic carbocycles. The Hall–Kier alpha value is -1.46. The Morgan fingerprint density at radius 2 is 2.12 bits per heavy atom. The molecule has 0 aliphatic rings. The second-order valence-electron chi connectivity index (χ2n) is 3.59. The fourth-order valence-corrected chi connectivity index (χ4v) is 1.61. The number of hydrogen-bond donors (Lipinski definition) is 1. The monoisotopic (exact) mass is 217 g/mol.